The van der Waals surface area contributed by atoms with Crippen LogP contribution < -0.4 is 11.1 Å². The zero-order valence-corrected chi connectivity index (χ0v) is 12.7. The van der Waals surface area contributed by atoms with Crippen LogP contribution in [0.25, 0.3) is 0 Å². The Morgan fingerprint density at radius 1 is 1.40 bits per heavy atom. The third kappa shape index (κ3) is 4.78. The summed E-state index contributed by atoms with van der Waals surface area (Å²) in [5.74, 6) is 0.0675. The summed E-state index contributed by atoms with van der Waals surface area (Å²) in [6.07, 6.45) is 4.33. The molecule has 1 fully saturated rings. The van der Waals surface area contributed by atoms with Gasteiger partial charge < -0.3 is 16.2 Å². The molecule has 0 spiro atoms. The topological polar surface area (TPSA) is 92.4 Å². The first kappa shape index (κ1) is 17.0. The highest BCUT2D eigenvalue weighted by Crippen LogP contribution is 2.38. The van der Waals surface area contributed by atoms with Gasteiger partial charge in [-0.15, -0.1) is 0 Å². The summed E-state index contributed by atoms with van der Waals surface area (Å²) in [5, 5.41) is 12.3. The van der Waals surface area contributed by atoms with Gasteiger partial charge in [0, 0.05) is 13.0 Å². The Bertz CT molecular complexity index is 336. The van der Waals surface area contributed by atoms with Crippen LogP contribution in [0.15, 0.2) is 0 Å². The van der Waals surface area contributed by atoms with Gasteiger partial charge in [-0.25, -0.2) is 0 Å². The largest absolute Gasteiger partial charge is 0.481 e. The van der Waals surface area contributed by atoms with Gasteiger partial charge in [-0.3, -0.25) is 9.59 Å². The molecule has 4 N–H and O–H groups in total. The zero-order chi connectivity index (χ0) is 15.2. The normalized spacial score (nSPS) is 27.9. The number of hydrogen-bond donors (Lipinski definition) is 3. The molecule has 0 saturated heterocycles. The summed E-state index contributed by atoms with van der Waals surface area (Å²) < 4.78 is 0. The molecule has 0 bridgehead atoms. The van der Waals surface area contributed by atoms with E-state index < -0.39 is 11.4 Å². The van der Waals surface area contributed by atoms with E-state index in [4.69, 9.17) is 5.73 Å². The van der Waals surface area contributed by atoms with Gasteiger partial charge in [0.15, 0.2) is 0 Å². The van der Waals surface area contributed by atoms with Crippen LogP contribution in [-0.2, 0) is 9.59 Å². The molecule has 20 heavy (non-hydrogen) atoms. The van der Waals surface area contributed by atoms with E-state index >= 15 is 0 Å². The van der Waals surface area contributed by atoms with E-state index in [1.54, 1.807) is 0 Å². The van der Waals surface area contributed by atoms with Crippen molar-refractivity contribution >= 4 is 11.9 Å². The Labute approximate surface area is 121 Å². The number of carbonyl (C=O) groups is 2. The molecular weight excluding hydrogens is 256 g/mol. The van der Waals surface area contributed by atoms with Crippen molar-refractivity contribution in [2.24, 2.45) is 23.0 Å². The molecule has 1 aliphatic carbocycles. The van der Waals surface area contributed by atoms with Crippen molar-refractivity contribution in [2.75, 3.05) is 13.1 Å². The maximum absolute atomic E-state index is 11.8. The van der Waals surface area contributed by atoms with Crippen molar-refractivity contribution in [2.45, 2.75) is 52.4 Å². The van der Waals surface area contributed by atoms with Crippen molar-refractivity contribution in [3.05, 3.63) is 0 Å². The molecule has 0 aromatic heterocycles. The summed E-state index contributed by atoms with van der Waals surface area (Å²) in [7, 11) is 0. The molecule has 1 aliphatic rings. The van der Waals surface area contributed by atoms with Gasteiger partial charge in [-0.1, -0.05) is 13.8 Å². The summed E-state index contributed by atoms with van der Waals surface area (Å²) >= 11 is 0. The molecule has 0 aliphatic heterocycles. The lowest BCUT2D eigenvalue weighted by Crippen LogP contribution is -2.45. The second-order valence-electron chi connectivity index (χ2n) is 6.42. The molecule has 0 aromatic rings. The van der Waals surface area contributed by atoms with Crippen LogP contribution in [0, 0.1) is 17.3 Å². The Balaban J connectivity index is 2.43. The lowest BCUT2D eigenvalue weighted by atomic mass is 9.71. The van der Waals surface area contributed by atoms with Crippen LogP contribution >= 0.6 is 0 Å². The molecule has 1 rings (SSSR count). The van der Waals surface area contributed by atoms with Crippen LogP contribution in [0.2, 0.25) is 0 Å². The minimum absolute atomic E-state index is 0.0652. The SMILES string of the molecule is CC(CN)CCC(=O)NCC1(C(=O)O)CCC(C)CC1. The third-order valence-corrected chi connectivity index (χ3v) is 4.58. The van der Waals surface area contributed by atoms with E-state index in [2.05, 4.69) is 12.2 Å². The van der Waals surface area contributed by atoms with E-state index in [1.165, 1.54) is 0 Å². The summed E-state index contributed by atoms with van der Waals surface area (Å²) in [6.45, 7) is 4.99. The lowest BCUT2D eigenvalue weighted by molar-refractivity contribution is -0.151. The second kappa shape index (κ2) is 7.62. The lowest BCUT2D eigenvalue weighted by Gasteiger charge is -2.35. The van der Waals surface area contributed by atoms with Gasteiger partial charge in [0.1, 0.15) is 0 Å². The predicted molar refractivity (Wildman–Crippen MR) is 78.2 cm³/mol. The number of hydrogen-bond acceptors (Lipinski definition) is 3. The van der Waals surface area contributed by atoms with Crippen LogP contribution in [0.5, 0.6) is 0 Å². The molecule has 0 aromatic carbocycles. The smallest absolute Gasteiger partial charge is 0.311 e. The first-order valence-electron chi connectivity index (χ1n) is 7.60. The van der Waals surface area contributed by atoms with Gasteiger partial charge in [0.2, 0.25) is 5.91 Å². The first-order chi connectivity index (χ1) is 9.39. The number of nitrogens with one attached hydrogen (secondary N) is 1. The monoisotopic (exact) mass is 284 g/mol. The number of aliphatic carboxylic acids is 1. The van der Waals surface area contributed by atoms with Crippen LogP contribution in [0.4, 0.5) is 0 Å². The zero-order valence-electron chi connectivity index (χ0n) is 12.7. The molecule has 1 amide bonds. The maximum Gasteiger partial charge on any atom is 0.311 e. The van der Waals surface area contributed by atoms with Gasteiger partial charge in [-0.2, -0.15) is 0 Å². The van der Waals surface area contributed by atoms with Gasteiger partial charge >= 0.3 is 5.97 Å². The Morgan fingerprint density at radius 3 is 2.50 bits per heavy atom. The van der Waals surface area contributed by atoms with Crippen LogP contribution in [0.1, 0.15) is 52.4 Å². The minimum atomic E-state index is -0.778. The van der Waals surface area contributed by atoms with Crippen molar-refractivity contribution < 1.29 is 14.7 Å². The van der Waals surface area contributed by atoms with Gasteiger partial charge in [0.25, 0.3) is 0 Å². The van der Waals surface area contributed by atoms with Crippen molar-refractivity contribution in [1.82, 2.24) is 5.32 Å². The highest BCUT2D eigenvalue weighted by Gasteiger charge is 2.41. The number of nitrogens with two attached hydrogens (primary N) is 1. The van der Waals surface area contributed by atoms with Crippen LogP contribution in [-0.4, -0.2) is 30.1 Å². The maximum atomic E-state index is 11.8. The van der Waals surface area contributed by atoms with E-state index in [0.717, 1.165) is 19.3 Å². The second-order valence-corrected chi connectivity index (χ2v) is 6.42. The van der Waals surface area contributed by atoms with Crippen molar-refractivity contribution in [3.8, 4) is 0 Å². The molecule has 1 unspecified atom stereocenters. The average molecular weight is 284 g/mol. The van der Waals surface area contributed by atoms with Crippen LogP contribution in [0.3, 0.4) is 0 Å². The summed E-state index contributed by atoms with van der Waals surface area (Å²) in [5.41, 5.74) is 4.75. The number of rotatable bonds is 7. The predicted octanol–water partition coefficient (Wildman–Crippen LogP) is 1.76. The highest BCUT2D eigenvalue weighted by molar-refractivity contribution is 5.79. The highest BCUT2D eigenvalue weighted by atomic mass is 16.4. The Kier molecular flexibility index (Phi) is 6.46. The average Bonchev–Trinajstić information content (AvgIpc) is 2.44. The molecule has 0 heterocycles. The minimum Gasteiger partial charge on any atom is -0.481 e. The first-order valence-corrected chi connectivity index (χ1v) is 7.60. The molecule has 5 nitrogen and oxygen atoms in total. The molecular formula is C15H28N2O3. The number of carboxylic acid groups (broad SMARTS) is 1. The fraction of sp³-hybridized carbons (Fsp3) is 0.867. The Hall–Kier alpha value is -1.10. The molecule has 1 saturated carbocycles. The molecule has 0 radical (unpaired) electrons. The van der Waals surface area contributed by atoms with Gasteiger partial charge in [0.05, 0.1) is 5.41 Å². The standard InChI is InChI=1S/C15H28N2O3/c1-11-5-7-15(8-6-11,14(19)20)10-17-13(18)4-3-12(2)9-16/h11-12H,3-10,16H2,1-2H3,(H,17,18)(H,19,20). The van der Waals surface area contributed by atoms with E-state index in [9.17, 15) is 14.7 Å². The van der Waals surface area contributed by atoms with Crippen molar-refractivity contribution in [3.63, 3.8) is 0 Å². The van der Waals surface area contributed by atoms with Gasteiger partial charge in [-0.05, 0) is 50.5 Å². The number of carboxylic acids is 1. The molecule has 116 valence electrons. The quantitative estimate of drug-likeness (QED) is 0.664. The number of carbonyl (C=O) groups excluding carboxylic acids is 1. The number of amides is 1. The fourth-order valence-electron chi connectivity index (χ4n) is 2.63. The summed E-state index contributed by atoms with van der Waals surface area (Å²) in [4.78, 5) is 23.3. The van der Waals surface area contributed by atoms with E-state index in [0.29, 0.717) is 37.6 Å². The van der Waals surface area contributed by atoms with E-state index in [1.807, 2.05) is 6.92 Å². The molecule has 1 atom stereocenters. The fourth-order valence-corrected chi connectivity index (χ4v) is 2.63. The Morgan fingerprint density at radius 2 is 2.00 bits per heavy atom. The van der Waals surface area contributed by atoms with E-state index in [-0.39, 0.29) is 12.5 Å². The molecule has 5 heteroatoms. The summed E-state index contributed by atoms with van der Waals surface area (Å²) in [6, 6.07) is 0. The van der Waals surface area contributed by atoms with Crippen molar-refractivity contribution in [1.29, 1.82) is 0 Å². The third-order valence-electron chi connectivity index (χ3n) is 4.58.